The van der Waals surface area contributed by atoms with Crippen LogP contribution in [0.15, 0.2) is 0 Å². The van der Waals surface area contributed by atoms with Crippen molar-refractivity contribution in [2.45, 2.75) is 142 Å². The molecule has 28 heavy (non-hydrogen) atoms. The molecule has 0 amide bonds. The second-order valence-electron chi connectivity index (χ2n) is 8.37. The molecular formula is C24H52N2O2. The smallest absolute Gasteiger partial charge is 0.303 e. The van der Waals surface area contributed by atoms with Gasteiger partial charge in [-0.25, -0.2) is 0 Å². The third-order valence-electron chi connectivity index (χ3n) is 5.81. The molecule has 0 rings (SSSR count). The lowest BCUT2D eigenvalue weighted by atomic mass is 9.95. The Morgan fingerprint density at radius 2 is 1.00 bits per heavy atom. The fourth-order valence-corrected chi connectivity index (χ4v) is 3.19. The Hall–Kier alpha value is -0.610. The number of hydrogen-bond acceptors (Lipinski definition) is 3. The van der Waals surface area contributed by atoms with Gasteiger partial charge in [-0.1, -0.05) is 111 Å². The van der Waals surface area contributed by atoms with E-state index in [4.69, 9.17) is 16.6 Å². The third-order valence-corrected chi connectivity index (χ3v) is 5.81. The van der Waals surface area contributed by atoms with Crippen molar-refractivity contribution in [3.8, 4) is 0 Å². The van der Waals surface area contributed by atoms with E-state index in [-0.39, 0.29) is 5.54 Å². The molecule has 0 saturated carbocycles. The summed E-state index contributed by atoms with van der Waals surface area (Å²) in [7, 11) is 0. The Morgan fingerprint density at radius 3 is 1.21 bits per heavy atom. The molecule has 0 saturated heterocycles. The van der Waals surface area contributed by atoms with Crippen LogP contribution in [0.3, 0.4) is 0 Å². The molecule has 0 fully saturated rings. The number of nitrogens with two attached hydrogens (primary N) is 2. The van der Waals surface area contributed by atoms with Gasteiger partial charge in [0.05, 0.1) is 0 Å². The molecule has 0 aromatic rings. The Labute approximate surface area is 176 Å². The zero-order valence-electron chi connectivity index (χ0n) is 19.4. The minimum absolute atomic E-state index is 0.0972. The van der Waals surface area contributed by atoms with Crippen molar-refractivity contribution < 1.29 is 9.90 Å². The number of unbranched alkanes of at least 4 members (excludes halogenated alkanes) is 14. The van der Waals surface area contributed by atoms with E-state index in [0.717, 1.165) is 25.7 Å². The van der Waals surface area contributed by atoms with E-state index in [1.807, 2.05) is 0 Å². The average Bonchev–Trinajstić information content (AvgIpc) is 2.70. The molecule has 0 aliphatic carbocycles. The highest BCUT2D eigenvalue weighted by atomic mass is 16.4. The SMILES string of the molecule is CCC(N)(CC)CN.CCCCCCCCCCCCCCCCCC(=O)O. The first-order valence-corrected chi connectivity index (χ1v) is 12.2. The molecule has 0 aliphatic rings. The molecular weight excluding hydrogens is 348 g/mol. The molecule has 0 radical (unpaired) electrons. The van der Waals surface area contributed by atoms with Gasteiger partial charge in [0.25, 0.3) is 0 Å². The molecule has 0 aromatic heterocycles. The van der Waals surface area contributed by atoms with Crippen LogP contribution in [-0.2, 0) is 4.79 Å². The molecule has 4 nitrogen and oxygen atoms in total. The van der Waals surface area contributed by atoms with Gasteiger partial charge in [0.1, 0.15) is 0 Å². The Bertz CT molecular complexity index is 309. The molecule has 0 atom stereocenters. The molecule has 0 heterocycles. The van der Waals surface area contributed by atoms with Crippen molar-refractivity contribution >= 4 is 5.97 Å². The van der Waals surface area contributed by atoms with Crippen LogP contribution in [0.1, 0.15) is 136 Å². The number of rotatable bonds is 19. The number of carboxylic acids is 1. The van der Waals surface area contributed by atoms with Crippen LogP contribution in [0.25, 0.3) is 0 Å². The number of aliphatic carboxylic acids is 1. The van der Waals surface area contributed by atoms with Crippen molar-refractivity contribution in [2.24, 2.45) is 11.5 Å². The topological polar surface area (TPSA) is 89.3 Å². The van der Waals surface area contributed by atoms with E-state index >= 15 is 0 Å². The highest BCUT2D eigenvalue weighted by molar-refractivity contribution is 5.66. The van der Waals surface area contributed by atoms with E-state index in [2.05, 4.69) is 20.8 Å². The fraction of sp³-hybridized carbons (Fsp3) is 0.958. The van der Waals surface area contributed by atoms with Crippen LogP contribution in [0, 0.1) is 0 Å². The quantitative estimate of drug-likeness (QED) is 0.208. The molecule has 0 spiro atoms. The number of carboxylic acid groups (broad SMARTS) is 1. The summed E-state index contributed by atoms with van der Waals surface area (Å²) in [5, 5.41) is 8.52. The normalized spacial score (nSPS) is 11.2. The van der Waals surface area contributed by atoms with Crippen LogP contribution in [0.2, 0.25) is 0 Å². The van der Waals surface area contributed by atoms with Gasteiger partial charge >= 0.3 is 5.97 Å². The second kappa shape index (κ2) is 22.7. The molecule has 0 unspecified atom stereocenters. The molecule has 4 heteroatoms. The Morgan fingerprint density at radius 1 is 0.679 bits per heavy atom. The summed E-state index contributed by atoms with van der Waals surface area (Å²) >= 11 is 0. The first-order valence-electron chi connectivity index (χ1n) is 12.2. The summed E-state index contributed by atoms with van der Waals surface area (Å²) in [5.74, 6) is -0.653. The van der Waals surface area contributed by atoms with Crippen LogP contribution < -0.4 is 11.5 Å². The van der Waals surface area contributed by atoms with Gasteiger partial charge in [-0.2, -0.15) is 0 Å². The van der Waals surface area contributed by atoms with Crippen LogP contribution in [0.5, 0.6) is 0 Å². The third kappa shape index (κ3) is 23.4. The average molecular weight is 401 g/mol. The highest BCUT2D eigenvalue weighted by Gasteiger charge is 2.16. The Balaban J connectivity index is 0. The summed E-state index contributed by atoms with van der Waals surface area (Å²) in [5.41, 5.74) is 11.1. The zero-order valence-corrected chi connectivity index (χ0v) is 19.4. The van der Waals surface area contributed by atoms with Gasteiger partial charge in [-0.3, -0.25) is 4.79 Å². The first-order chi connectivity index (χ1) is 13.5. The van der Waals surface area contributed by atoms with E-state index < -0.39 is 5.97 Å². The summed E-state index contributed by atoms with van der Waals surface area (Å²) in [4.78, 5) is 10.3. The Kier molecular flexibility index (Phi) is 24.0. The predicted octanol–water partition coefficient (Wildman–Crippen LogP) is 6.80. The van der Waals surface area contributed by atoms with Gasteiger partial charge in [0, 0.05) is 18.5 Å². The van der Waals surface area contributed by atoms with Crippen molar-refractivity contribution in [3.63, 3.8) is 0 Å². The van der Waals surface area contributed by atoms with Crippen molar-refractivity contribution in [3.05, 3.63) is 0 Å². The zero-order chi connectivity index (χ0) is 21.5. The summed E-state index contributed by atoms with van der Waals surface area (Å²) in [6.07, 6.45) is 22.1. The summed E-state index contributed by atoms with van der Waals surface area (Å²) in [6.45, 7) is 7.00. The monoisotopic (exact) mass is 400 g/mol. The van der Waals surface area contributed by atoms with E-state index in [9.17, 15) is 4.79 Å². The van der Waals surface area contributed by atoms with E-state index in [0.29, 0.717) is 13.0 Å². The molecule has 0 bridgehead atoms. The van der Waals surface area contributed by atoms with Gasteiger partial charge in [0.15, 0.2) is 0 Å². The predicted molar refractivity (Wildman–Crippen MR) is 124 cm³/mol. The maximum Gasteiger partial charge on any atom is 0.303 e. The van der Waals surface area contributed by atoms with Crippen LogP contribution >= 0.6 is 0 Å². The lowest BCUT2D eigenvalue weighted by molar-refractivity contribution is -0.137. The first kappa shape index (κ1) is 29.6. The maximum absolute atomic E-state index is 10.3. The minimum atomic E-state index is -0.653. The number of carbonyl (C=O) groups is 1. The summed E-state index contributed by atoms with van der Waals surface area (Å²) in [6, 6.07) is 0. The van der Waals surface area contributed by atoms with Crippen molar-refractivity contribution in [1.29, 1.82) is 0 Å². The second-order valence-corrected chi connectivity index (χ2v) is 8.37. The van der Waals surface area contributed by atoms with Gasteiger partial charge in [-0.05, 0) is 19.3 Å². The lowest BCUT2D eigenvalue weighted by Gasteiger charge is -2.23. The van der Waals surface area contributed by atoms with Gasteiger partial charge < -0.3 is 16.6 Å². The largest absolute Gasteiger partial charge is 0.481 e. The van der Waals surface area contributed by atoms with Gasteiger partial charge in [-0.15, -0.1) is 0 Å². The number of hydrogen-bond donors (Lipinski definition) is 3. The van der Waals surface area contributed by atoms with Crippen molar-refractivity contribution in [2.75, 3.05) is 6.54 Å². The molecule has 0 aliphatic heterocycles. The summed E-state index contributed by atoms with van der Waals surface area (Å²) < 4.78 is 0. The molecule has 170 valence electrons. The van der Waals surface area contributed by atoms with Crippen LogP contribution in [-0.4, -0.2) is 23.2 Å². The van der Waals surface area contributed by atoms with Crippen molar-refractivity contribution in [1.82, 2.24) is 0 Å². The molecule has 0 aromatic carbocycles. The van der Waals surface area contributed by atoms with Crippen LogP contribution in [0.4, 0.5) is 0 Å². The highest BCUT2D eigenvalue weighted by Crippen LogP contribution is 2.13. The molecule has 5 N–H and O–H groups in total. The van der Waals surface area contributed by atoms with E-state index in [1.165, 1.54) is 83.5 Å². The van der Waals surface area contributed by atoms with Gasteiger partial charge in [0.2, 0.25) is 0 Å². The lowest BCUT2D eigenvalue weighted by Crippen LogP contribution is -2.45. The minimum Gasteiger partial charge on any atom is -0.481 e. The standard InChI is InChI=1S/C18H36O2.C6H16N2/c1-2-3-4-5-6-7-8-9-10-11-12-13-14-15-16-17-18(19)20;1-3-6(8,4-2)5-7/h2-17H2,1H3,(H,19,20);3-5,7-8H2,1-2H3. The van der Waals surface area contributed by atoms with E-state index in [1.54, 1.807) is 0 Å². The maximum atomic E-state index is 10.3. The fourth-order valence-electron chi connectivity index (χ4n) is 3.19.